The number of ketones is 2. The Morgan fingerprint density at radius 2 is 1.55 bits per heavy atom. The lowest BCUT2D eigenvalue weighted by Crippen LogP contribution is -2.33. The Morgan fingerprint density at radius 1 is 1.00 bits per heavy atom. The van der Waals surface area contributed by atoms with Crippen molar-refractivity contribution in [2.24, 2.45) is 29.6 Å². The summed E-state index contributed by atoms with van der Waals surface area (Å²) in [7, 11) is 0. The lowest BCUT2D eigenvalue weighted by Gasteiger charge is -2.21. The van der Waals surface area contributed by atoms with Crippen LogP contribution in [0, 0.1) is 29.6 Å². The van der Waals surface area contributed by atoms with Crippen LogP contribution in [0.2, 0.25) is 0 Å². The van der Waals surface area contributed by atoms with Gasteiger partial charge in [-0.15, -0.1) is 0 Å². The fourth-order valence-electron chi connectivity index (χ4n) is 4.64. The van der Waals surface area contributed by atoms with Crippen LogP contribution in [0.5, 0.6) is 0 Å². The highest BCUT2D eigenvalue weighted by molar-refractivity contribution is 9.10. The average Bonchev–Trinajstić information content (AvgIpc) is 3.15. The Morgan fingerprint density at radius 3 is 2.09 bits per heavy atom. The number of nitrogens with one attached hydrogen (secondary N) is 1. The first-order chi connectivity index (χ1) is 10.6. The van der Waals surface area contributed by atoms with E-state index in [-0.39, 0.29) is 23.4 Å². The summed E-state index contributed by atoms with van der Waals surface area (Å²) in [5, 5.41) is 2.71. The average molecular weight is 362 g/mol. The molecule has 4 nitrogen and oxygen atoms in total. The third-order valence-electron chi connectivity index (χ3n) is 5.52. The van der Waals surface area contributed by atoms with Crippen molar-refractivity contribution in [1.29, 1.82) is 0 Å². The zero-order valence-electron chi connectivity index (χ0n) is 11.9. The highest BCUT2D eigenvalue weighted by Crippen LogP contribution is 2.57. The third kappa shape index (κ3) is 1.98. The van der Waals surface area contributed by atoms with Crippen LogP contribution in [0.3, 0.4) is 0 Å². The number of fused-ring (bicyclic) bond motifs is 5. The Kier molecular flexibility index (Phi) is 3.22. The van der Waals surface area contributed by atoms with Gasteiger partial charge in [0, 0.05) is 22.0 Å². The molecule has 1 amide bonds. The van der Waals surface area contributed by atoms with Crippen LogP contribution < -0.4 is 5.32 Å². The molecule has 0 spiro atoms. The number of Topliss-reactive ketones (excluding diaryl/α,β-unsaturated/α-hetero) is 2. The van der Waals surface area contributed by atoms with Gasteiger partial charge < -0.3 is 5.32 Å². The summed E-state index contributed by atoms with van der Waals surface area (Å²) in [6.45, 7) is 0. The zero-order valence-corrected chi connectivity index (χ0v) is 13.5. The van der Waals surface area contributed by atoms with Crippen molar-refractivity contribution in [2.75, 3.05) is 5.32 Å². The van der Waals surface area contributed by atoms with Gasteiger partial charge in [-0.1, -0.05) is 15.9 Å². The molecule has 22 heavy (non-hydrogen) atoms. The second-order valence-electron chi connectivity index (χ2n) is 6.62. The molecular weight excluding hydrogens is 346 g/mol. The van der Waals surface area contributed by atoms with Crippen LogP contribution >= 0.6 is 15.9 Å². The molecule has 114 valence electrons. The highest BCUT2D eigenvalue weighted by atomic mass is 79.9. The minimum absolute atomic E-state index is 0.142. The summed E-state index contributed by atoms with van der Waals surface area (Å²) in [5.41, 5.74) is 0.605. The van der Waals surface area contributed by atoms with Gasteiger partial charge in [-0.25, -0.2) is 0 Å². The van der Waals surface area contributed by atoms with Crippen molar-refractivity contribution >= 4 is 39.1 Å². The SMILES string of the molecule is O=C(Nc1ccc(Br)cc1)C1C(=O)C2C3CCC(C3)C2C1=O. The van der Waals surface area contributed by atoms with E-state index >= 15 is 0 Å². The van der Waals surface area contributed by atoms with Crippen LogP contribution in [0.1, 0.15) is 19.3 Å². The molecule has 3 fully saturated rings. The first-order valence-corrected chi connectivity index (χ1v) is 8.49. The summed E-state index contributed by atoms with van der Waals surface area (Å²) >= 11 is 3.33. The minimum Gasteiger partial charge on any atom is -0.325 e. The molecule has 3 aliphatic rings. The number of rotatable bonds is 2. The topological polar surface area (TPSA) is 63.2 Å². The highest BCUT2D eigenvalue weighted by Gasteiger charge is 2.62. The van der Waals surface area contributed by atoms with Gasteiger partial charge in [0.25, 0.3) is 0 Å². The fraction of sp³-hybridized carbons (Fsp3) is 0.471. The number of hydrogen-bond acceptors (Lipinski definition) is 3. The molecule has 1 aromatic carbocycles. The van der Waals surface area contributed by atoms with E-state index < -0.39 is 11.8 Å². The van der Waals surface area contributed by atoms with E-state index in [2.05, 4.69) is 21.2 Å². The van der Waals surface area contributed by atoms with E-state index in [0.717, 1.165) is 23.7 Å². The van der Waals surface area contributed by atoms with Gasteiger partial charge in [0.1, 0.15) is 0 Å². The quantitative estimate of drug-likeness (QED) is 0.823. The number of hydrogen-bond donors (Lipinski definition) is 1. The van der Waals surface area contributed by atoms with Crippen molar-refractivity contribution in [1.82, 2.24) is 0 Å². The largest absolute Gasteiger partial charge is 0.325 e. The molecule has 1 N–H and O–H groups in total. The molecule has 3 saturated carbocycles. The molecule has 0 radical (unpaired) electrons. The zero-order chi connectivity index (χ0) is 15.4. The van der Waals surface area contributed by atoms with Gasteiger partial charge in [-0.3, -0.25) is 14.4 Å². The van der Waals surface area contributed by atoms with Crippen LogP contribution in [0.25, 0.3) is 0 Å². The van der Waals surface area contributed by atoms with Crippen LogP contribution in [-0.4, -0.2) is 17.5 Å². The summed E-state index contributed by atoms with van der Waals surface area (Å²) in [6, 6.07) is 7.11. The summed E-state index contributed by atoms with van der Waals surface area (Å²) in [6.07, 6.45) is 3.06. The number of halogens is 1. The second kappa shape index (κ2) is 5.01. The van der Waals surface area contributed by atoms with E-state index in [4.69, 9.17) is 0 Å². The summed E-state index contributed by atoms with van der Waals surface area (Å²) in [4.78, 5) is 37.6. The Bertz CT molecular complexity index is 641. The van der Waals surface area contributed by atoms with Crippen molar-refractivity contribution in [2.45, 2.75) is 19.3 Å². The molecule has 1 aromatic rings. The van der Waals surface area contributed by atoms with Gasteiger partial charge in [-0.05, 0) is 55.4 Å². The molecule has 4 unspecified atom stereocenters. The van der Waals surface area contributed by atoms with Gasteiger partial charge in [0.05, 0.1) is 0 Å². The van der Waals surface area contributed by atoms with Crippen molar-refractivity contribution in [3.8, 4) is 0 Å². The normalized spacial score (nSPS) is 35.8. The Labute approximate surface area is 136 Å². The molecule has 0 heterocycles. The number of benzene rings is 1. The molecule has 0 saturated heterocycles. The van der Waals surface area contributed by atoms with Gasteiger partial charge in [-0.2, -0.15) is 0 Å². The van der Waals surface area contributed by atoms with Gasteiger partial charge in [0.2, 0.25) is 5.91 Å². The second-order valence-corrected chi connectivity index (χ2v) is 7.53. The molecule has 2 bridgehead atoms. The molecule has 4 rings (SSSR count). The smallest absolute Gasteiger partial charge is 0.242 e. The molecular formula is C17H16BrNO3. The van der Waals surface area contributed by atoms with E-state index in [1.807, 2.05) is 12.1 Å². The maximum Gasteiger partial charge on any atom is 0.242 e. The lowest BCUT2D eigenvalue weighted by atomic mass is 9.81. The number of amides is 1. The number of anilines is 1. The lowest BCUT2D eigenvalue weighted by molar-refractivity contribution is -0.136. The first kappa shape index (κ1) is 14.1. The van der Waals surface area contributed by atoms with Crippen molar-refractivity contribution in [3.63, 3.8) is 0 Å². The predicted molar refractivity (Wildman–Crippen MR) is 84.1 cm³/mol. The molecule has 0 aliphatic heterocycles. The standard InChI is InChI=1S/C17H16BrNO3/c18-10-3-5-11(6-4-10)19-17(22)14-15(20)12-8-1-2-9(7-8)13(12)16(14)21/h3-6,8-9,12-14H,1-2,7H2,(H,19,22). The number of carbonyl (C=O) groups is 3. The molecule has 5 heteroatoms. The predicted octanol–water partition coefficient (Wildman–Crippen LogP) is 2.82. The van der Waals surface area contributed by atoms with E-state index in [1.54, 1.807) is 12.1 Å². The molecule has 4 atom stereocenters. The van der Waals surface area contributed by atoms with Crippen molar-refractivity contribution < 1.29 is 14.4 Å². The van der Waals surface area contributed by atoms with Crippen LogP contribution in [-0.2, 0) is 14.4 Å². The maximum atomic E-state index is 12.6. The fourth-order valence-corrected chi connectivity index (χ4v) is 4.91. The Hall–Kier alpha value is -1.49. The summed E-state index contributed by atoms with van der Waals surface area (Å²) in [5.74, 6) is -1.56. The minimum atomic E-state index is -1.10. The molecule has 3 aliphatic carbocycles. The Balaban J connectivity index is 1.55. The molecule has 0 aromatic heterocycles. The monoisotopic (exact) mass is 361 g/mol. The number of carbonyl (C=O) groups excluding carboxylic acids is 3. The van der Waals surface area contributed by atoms with E-state index in [0.29, 0.717) is 17.5 Å². The first-order valence-electron chi connectivity index (χ1n) is 7.70. The van der Waals surface area contributed by atoms with E-state index in [9.17, 15) is 14.4 Å². The van der Waals surface area contributed by atoms with Crippen molar-refractivity contribution in [3.05, 3.63) is 28.7 Å². The van der Waals surface area contributed by atoms with E-state index in [1.165, 1.54) is 0 Å². The van der Waals surface area contributed by atoms with Crippen LogP contribution in [0.4, 0.5) is 5.69 Å². The van der Waals surface area contributed by atoms with Crippen LogP contribution in [0.15, 0.2) is 28.7 Å². The summed E-state index contributed by atoms with van der Waals surface area (Å²) < 4.78 is 0.907. The third-order valence-corrected chi connectivity index (χ3v) is 6.05. The maximum absolute atomic E-state index is 12.6. The van der Waals surface area contributed by atoms with Gasteiger partial charge >= 0.3 is 0 Å². The van der Waals surface area contributed by atoms with Gasteiger partial charge in [0.15, 0.2) is 17.5 Å².